The lowest BCUT2D eigenvalue weighted by Crippen LogP contribution is -2.35. The lowest BCUT2D eigenvalue weighted by atomic mass is 10.1. The molecular formula is C16H16N2O6S. The van der Waals surface area contributed by atoms with E-state index < -0.39 is 33.1 Å². The summed E-state index contributed by atoms with van der Waals surface area (Å²) < 4.78 is 26.5. The Labute approximate surface area is 144 Å². The highest BCUT2D eigenvalue weighted by atomic mass is 32.2. The molecule has 9 heteroatoms. The van der Waals surface area contributed by atoms with Crippen molar-refractivity contribution >= 4 is 27.4 Å². The SMILES string of the molecule is Cc1cc(C)cc(N(CC(=O)O)S(=O)(=O)c2cccc([N+](=O)[O-])c2)c1. The van der Waals surface area contributed by atoms with Gasteiger partial charge in [0.15, 0.2) is 0 Å². The zero-order valence-electron chi connectivity index (χ0n) is 13.5. The molecule has 0 saturated carbocycles. The Balaban J connectivity index is 2.62. The molecule has 0 aliphatic carbocycles. The number of nitro benzene ring substituents is 1. The maximum atomic E-state index is 12.9. The molecule has 0 bridgehead atoms. The summed E-state index contributed by atoms with van der Waals surface area (Å²) in [7, 11) is -4.29. The van der Waals surface area contributed by atoms with Crippen molar-refractivity contribution in [2.45, 2.75) is 18.7 Å². The van der Waals surface area contributed by atoms with Crippen molar-refractivity contribution in [3.05, 3.63) is 63.7 Å². The number of sulfonamides is 1. The van der Waals surface area contributed by atoms with Gasteiger partial charge in [-0.25, -0.2) is 8.42 Å². The molecule has 0 aliphatic heterocycles. The van der Waals surface area contributed by atoms with Gasteiger partial charge in [-0.3, -0.25) is 19.2 Å². The lowest BCUT2D eigenvalue weighted by molar-refractivity contribution is -0.385. The van der Waals surface area contributed by atoms with Crippen LogP contribution in [0.2, 0.25) is 0 Å². The van der Waals surface area contributed by atoms with E-state index in [-0.39, 0.29) is 10.6 Å². The first kappa shape index (κ1) is 18.4. The largest absolute Gasteiger partial charge is 0.480 e. The molecule has 0 spiro atoms. The number of carboxylic acid groups (broad SMARTS) is 1. The molecule has 0 fully saturated rings. The van der Waals surface area contributed by atoms with E-state index in [4.69, 9.17) is 5.11 Å². The third-order valence-electron chi connectivity index (χ3n) is 3.39. The number of benzene rings is 2. The van der Waals surface area contributed by atoms with Gasteiger partial charge in [-0.05, 0) is 43.2 Å². The van der Waals surface area contributed by atoms with Crippen LogP contribution in [0.25, 0.3) is 0 Å². The van der Waals surface area contributed by atoms with Crippen LogP contribution in [0.1, 0.15) is 11.1 Å². The number of anilines is 1. The summed E-state index contributed by atoms with van der Waals surface area (Å²) in [6.45, 7) is 2.72. The van der Waals surface area contributed by atoms with Gasteiger partial charge in [-0.1, -0.05) is 12.1 Å². The summed E-state index contributed by atoms with van der Waals surface area (Å²) in [5, 5.41) is 20.0. The number of hydrogen-bond acceptors (Lipinski definition) is 5. The molecule has 0 unspecified atom stereocenters. The molecular weight excluding hydrogens is 348 g/mol. The minimum absolute atomic E-state index is 0.186. The molecule has 0 aromatic heterocycles. The van der Waals surface area contributed by atoms with Crippen LogP contribution in [0, 0.1) is 24.0 Å². The van der Waals surface area contributed by atoms with Crippen LogP contribution < -0.4 is 4.31 Å². The fourth-order valence-corrected chi connectivity index (χ4v) is 3.86. The molecule has 0 amide bonds. The van der Waals surface area contributed by atoms with Crippen LogP contribution in [0.3, 0.4) is 0 Å². The van der Waals surface area contributed by atoms with Crippen molar-refractivity contribution in [2.24, 2.45) is 0 Å². The summed E-state index contributed by atoms with van der Waals surface area (Å²) in [5.74, 6) is -1.34. The molecule has 8 nitrogen and oxygen atoms in total. The summed E-state index contributed by atoms with van der Waals surface area (Å²) >= 11 is 0. The number of nitrogens with zero attached hydrogens (tertiary/aromatic N) is 2. The Hall–Kier alpha value is -2.94. The maximum Gasteiger partial charge on any atom is 0.324 e. The van der Waals surface area contributed by atoms with Gasteiger partial charge in [0.05, 0.1) is 15.5 Å². The molecule has 0 heterocycles. The predicted octanol–water partition coefficient (Wildman–Crippen LogP) is 2.49. The van der Waals surface area contributed by atoms with Crippen LogP contribution in [0.4, 0.5) is 11.4 Å². The first-order valence-electron chi connectivity index (χ1n) is 7.18. The summed E-state index contributed by atoms with van der Waals surface area (Å²) in [6.07, 6.45) is 0. The normalized spacial score (nSPS) is 11.1. The summed E-state index contributed by atoms with van der Waals surface area (Å²) in [4.78, 5) is 21.0. The highest BCUT2D eigenvalue weighted by Gasteiger charge is 2.28. The average Bonchev–Trinajstić information content (AvgIpc) is 2.51. The van der Waals surface area contributed by atoms with Crippen LogP contribution >= 0.6 is 0 Å². The van der Waals surface area contributed by atoms with E-state index in [9.17, 15) is 23.3 Å². The molecule has 25 heavy (non-hydrogen) atoms. The second-order valence-electron chi connectivity index (χ2n) is 5.51. The predicted molar refractivity (Wildman–Crippen MR) is 91.2 cm³/mol. The fraction of sp³-hybridized carbons (Fsp3) is 0.188. The van der Waals surface area contributed by atoms with Crippen molar-refractivity contribution in [1.29, 1.82) is 0 Å². The smallest absolute Gasteiger partial charge is 0.324 e. The van der Waals surface area contributed by atoms with Gasteiger partial charge in [0.1, 0.15) is 6.54 Å². The van der Waals surface area contributed by atoms with Crippen molar-refractivity contribution in [1.82, 2.24) is 0 Å². The van der Waals surface area contributed by atoms with Crippen molar-refractivity contribution < 1.29 is 23.2 Å². The van der Waals surface area contributed by atoms with E-state index in [2.05, 4.69) is 0 Å². The standard InChI is InChI=1S/C16H16N2O6S/c1-11-6-12(2)8-14(7-11)17(10-16(19)20)25(23,24)15-5-3-4-13(9-15)18(21)22/h3-9H,10H2,1-2H3,(H,19,20). The minimum Gasteiger partial charge on any atom is -0.480 e. The number of carboxylic acids is 1. The van der Waals surface area contributed by atoms with Crippen LogP contribution in [0.15, 0.2) is 47.4 Å². The fourth-order valence-electron chi connectivity index (χ4n) is 2.42. The Morgan fingerprint density at radius 3 is 2.28 bits per heavy atom. The van der Waals surface area contributed by atoms with E-state index in [0.29, 0.717) is 0 Å². The van der Waals surface area contributed by atoms with Crippen molar-refractivity contribution in [2.75, 3.05) is 10.8 Å². The number of carbonyl (C=O) groups is 1. The van der Waals surface area contributed by atoms with Crippen molar-refractivity contribution in [3.63, 3.8) is 0 Å². The van der Waals surface area contributed by atoms with E-state index in [1.165, 1.54) is 12.1 Å². The van der Waals surface area contributed by atoms with Crippen LogP contribution in [0.5, 0.6) is 0 Å². The average molecular weight is 364 g/mol. The number of hydrogen-bond donors (Lipinski definition) is 1. The minimum atomic E-state index is -4.29. The Bertz CT molecular complexity index is 919. The Morgan fingerprint density at radius 1 is 1.16 bits per heavy atom. The summed E-state index contributed by atoms with van der Waals surface area (Å²) in [5.41, 5.74) is 1.32. The third kappa shape index (κ3) is 4.13. The molecule has 2 rings (SSSR count). The van der Waals surface area contributed by atoms with E-state index in [1.54, 1.807) is 26.0 Å². The monoisotopic (exact) mass is 364 g/mol. The Kier molecular flexibility index (Phi) is 5.07. The second kappa shape index (κ2) is 6.89. The van der Waals surface area contributed by atoms with E-state index in [1.807, 2.05) is 6.07 Å². The zero-order valence-corrected chi connectivity index (χ0v) is 14.4. The van der Waals surface area contributed by atoms with Crippen molar-refractivity contribution in [3.8, 4) is 0 Å². The molecule has 2 aromatic carbocycles. The van der Waals surface area contributed by atoms with Gasteiger partial charge in [-0.2, -0.15) is 0 Å². The molecule has 132 valence electrons. The topological polar surface area (TPSA) is 118 Å². The first-order chi connectivity index (χ1) is 11.6. The van der Waals surface area contributed by atoms with Gasteiger partial charge in [0.2, 0.25) is 0 Å². The summed E-state index contributed by atoms with van der Waals surface area (Å²) in [6, 6.07) is 9.42. The molecule has 1 N–H and O–H groups in total. The quantitative estimate of drug-likeness (QED) is 0.621. The van der Waals surface area contributed by atoms with Gasteiger partial charge < -0.3 is 5.11 Å². The number of aliphatic carboxylic acids is 1. The number of aryl methyl sites for hydroxylation is 2. The maximum absolute atomic E-state index is 12.9. The second-order valence-corrected chi connectivity index (χ2v) is 7.37. The van der Waals surface area contributed by atoms with Gasteiger partial charge >= 0.3 is 5.97 Å². The molecule has 0 aliphatic rings. The van der Waals surface area contributed by atoms with Gasteiger partial charge in [0, 0.05) is 12.1 Å². The number of rotatable bonds is 6. The molecule has 0 saturated heterocycles. The van der Waals surface area contributed by atoms with E-state index in [0.717, 1.165) is 27.6 Å². The lowest BCUT2D eigenvalue weighted by Gasteiger charge is -2.23. The van der Waals surface area contributed by atoms with Crippen LogP contribution in [-0.4, -0.2) is 31.0 Å². The first-order valence-corrected chi connectivity index (χ1v) is 8.62. The molecule has 2 aromatic rings. The number of nitro groups is 1. The highest BCUT2D eigenvalue weighted by molar-refractivity contribution is 7.92. The van der Waals surface area contributed by atoms with Gasteiger partial charge in [-0.15, -0.1) is 0 Å². The number of non-ortho nitro benzene ring substituents is 1. The highest BCUT2D eigenvalue weighted by Crippen LogP contribution is 2.27. The molecule has 0 radical (unpaired) electrons. The zero-order chi connectivity index (χ0) is 18.8. The molecule has 0 atom stereocenters. The van der Waals surface area contributed by atoms with E-state index >= 15 is 0 Å². The van der Waals surface area contributed by atoms with Gasteiger partial charge in [0.25, 0.3) is 15.7 Å². The van der Waals surface area contributed by atoms with Crippen LogP contribution in [-0.2, 0) is 14.8 Å². The Morgan fingerprint density at radius 2 is 1.76 bits per heavy atom. The third-order valence-corrected chi connectivity index (χ3v) is 5.16.